The highest BCUT2D eigenvalue weighted by atomic mass is 16.4. The standard InChI is InChI=1S/C26H37N3O4/c1-7-16(2)20(27-24(31)17(3)29(25(32)33)26(4,5)6)12-15-23(30)28-21-13-14-22(28)19-11-9-8-10-18(19)21/h8-12,15-17,20-22H,7,13-14H2,1-6H3,(H,27,31)(H,32,33)/t16-,17-,20+,21-,22+/m0/s1. The van der Waals surface area contributed by atoms with Crippen LogP contribution < -0.4 is 5.32 Å². The number of nitrogens with one attached hydrogen (secondary N) is 1. The van der Waals surface area contributed by atoms with Crippen molar-refractivity contribution in [3.05, 3.63) is 47.5 Å². The Morgan fingerprint density at radius 2 is 1.70 bits per heavy atom. The Morgan fingerprint density at radius 1 is 1.15 bits per heavy atom. The van der Waals surface area contributed by atoms with Crippen LogP contribution >= 0.6 is 0 Å². The number of hydrogen-bond acceptors (Lipinski definition) is 3. The summed E-state index contributed by atoms with van der Waals surface area (Å²) in [7, 11) is 0. The van der Waals surface area contributed by atoms with Crippen molar-refractivity contribution >= 4 is 17.9 Å². The van der Waals surface area contributed by atoms with Crippen molar-refractivity contribution in [2.24, 2.45) is 5.92 Å². The molecule has 0 aliphatic carbocycles. The van der Waals surface area contributed by atoms with Crippen LogP contribution in [0.15, 0.2) is 36.4 Å². The summed E-state index contributed by atoms with van der Waals surface area (Å²) in [6, 6.07) is 7.27. The first kappa shape index (κ1) is 24.8. The summed E-state index contributed by atoms with van der Waals surface area (Å²) in [6.07, 6.45) is 4.97. The molecule has 0 spiro atoms. The second-order valence-electron chi connectivity index (χ2n) is 10.3. The van der Waals surface area contributed by atoms with E-state index >= 15 is 0 Å². The van der Waals surface area contributed by atoms with Crippen LogP contribution in [-0.2, 0) is 9.59 Å². The largest absolute Gasteiger partial charge is 0.465 e. The first-order valence-corrected chi connectivity index (χ1v) is 11.9. The molecule has 7 heteroatoms. The van der Waals surface area contributed by atoms with Gasteiger partial charge < -0.3 is 15.3 Å². The van der Waals surface area contributed by atoms with Crippen LogP contribution in [0.4, 0.5) is 4.79 Å². The van der Waals surface area contributed by atoms with Gasteiger partial charge in [0.25, 0.3) is 0 Å². The molecule has 3 amide bonds. The molecule has 0 radical (unpaired) electrons. The summed E-state index contributed by atoms with van der Waals surface area (Å²) >= 11 is 0. The zero-order valence-electron chi connectivity index (χ0n) is 20.5. The van der Waals surface area contributed by atoms with E-state index in [1.54, 1.807) is 39.8 Å². The van der Waals surface area contributed by atoms with Crippen molar-refractivity contribution in [3.8, 4) is 0 Å². The molecule has 5 atom stereocenters. The molecule has 1 fully saturated rings. The third-order valence-corrected chi connectivity index (χ3v) is 7.06. The summed E-state index contributed by atoms with van der Waals surface area (Å²) in [4.78, 5) is 41.1. The third kappa shape index (κ3) is 4.92. The highest BCUT2D eigenvalue weighted by Gasteiger charge is 2.45. The average Bonchev–Trinajstić information content (AvgIpc) is 3.32. The molecule has 3 rings (SSSR count). The van der Waals surface area contributed by atoms with Gasteiger partial charge in [-0.05, 0) is 57.6 Å². The van der Waals surface area contributed by atoms with Gasteiger partial charge in [0.15, 0.2) is 0 Å². The smallest absolute Gasteiger partial charge is 0.408 e. The van der Waals surface area contributed by atoms with Crippen molar-refractivity contribution in [3.63, 3.8) is 0 Å². The van der Waals surface area contributed by atoms with Gasteiger partial charge in [0.05, 0.1) is 18.1 Å². The number of carboxylic acid groups (broad SMARTS) is 1. The van der Waals surface area contributed by atoms with Crippen LogP contribution in [0, 0.1) is 5.92 Å². The van der Waals surface area contributed by atoms with Crippen LogP contribution in [0.2, 0.25) is 0 Å². The maximum absolute atomic E-state index is 13.2. The predicted molar refractivity (Wildman–Crippen MR) is 128 cm³/mol. The van der Waals surface area contributed by atoms with E-state index in [1.807, 2.05) is 30.9 Å². The van der Waals surface area contributed by atoms with Gasteiger partial charge >= 0.3 is 6.09 Å². The molecule has 1 aromatic carbocycles. The molecule has 2 heterocycles. The van der Waals surface area contributed by atoms with E-state index in [0.29, 0.717) is 0 Å². The van der Waals surface area contributed by atoms with Gasteiger partial charge in [0, 0.05) is 11.6 Å². The Kier molecular flexibility index (Phi) is 7.20. The van der Waals surface area contributed by atoms with E-state index < -0.39 is 17.7 Å². The minimum Gasteiger partial charge on any atom is -0.465 e. The molecule has 180 valence electrons. The van der Waals surface area contributed by atoms with E-state index in [9.17, 15) is 19.5 Å². The van der Waals surface area contributed by atoms with Crippen LogP contribution in [0.1, 0.15) is 84.0 Å². The molecular formula is C26H37N3O4. The van der Waals surface area contributed by atoms with Gasteiger partial charge in [-0.3, -0.25) is 14.5 Å². The van der Waals surface area contributed by atoms with E-state index in [0.717, 1.165) is 24.2 Å². The second kappa shape index (κ2) is 9.57. The topological polar surface area (TPSA) is 90.0 Å². The lowest BCUT2D eigenvalue weighted by Crippen LogP contribution is -2.57. The zero-order valence-corrected chi connectivity index (χ0v) is 20.5. The molecule has 33 heavy (non-hydrogen) atoms. The molecule has 2 aliphatic rings. The molecule has 0 aromatic heterocycles. The highest BCUT2D eigenvalue weighted by molar-refractivity contribution is 5.90. The van der Waals surface area contributed by atoms with Gasteiger partial charge in [-0.2, -0.15) is 0 Å². The SMILES string of the molecule is CC[C@H](C)[C@@H](C=CC(=O)N1[C@@H]2CC[C@H]1c1ccccc12)NC(=O)[C@H](C)N(C(=O)O)C(C)(C)C. The summed E-state index contributed by atoms with van der Waals surface area (Å²) in [5.74, 6) is -0.329. The van der Waals surface area contributed by atoms with Crippen LogP contribution in [-0.4, -0.2) is 50.4 Å². The molecule has 2 aliphatic heterocycles. The van der Waals surface area contributed by atoms with E-state index in [2.05, 4.69) is 17.4 Å². The fourth-order valence-corrected chi connectivity index (χ4v) is 5.19. The fourth-order valence-electron chi connectivity index (χ4n) is 5.19. The number of benzene rings is 1. The minimum absolute atomic E-state index is 0.0452. The zero-order chi connectivity index (χ0) is 24.5. The number of rotatable bonds is 7. The van der Waals surface area contributed by atoms with Gasteiger partial charge in [-0.1, -0.05) is 50.6 Å². The van der Waals surface area contributed by atoms with Crippen LogP contribution in [0.25, 0.3) is 0 Å². The van der Waals surface area contributed by atoms with Gasteiger partial charge in [-0.15, -0.1) is 0 Å². The maximum Gasteiger partial charge on any atom is 0.408 e. The Hall–Kier alpha value is -2.83. The Labute approximate surface area is 196 Å². The number of amides is 3. The van der Waals surface area contributed by atoms with Gasteiger partial charge in [0.1, 0.15) is 6.04 Å². The molecule has 2 bridgehead atoms. The van der Waals surface area contributed by atoms with Crippen molar-refractivity contribution in [2.75, 3.05) is 0 Å². The Bertz CT molecular complexity index is 905. The molecular weight excluding hydrogens is 418 g/mol. The van der Waals surface area contributed by atoms with Crippen molar-refractivity contribution in [2.45, 2.75) is 90.5 Å². The lowest BCUT2D eigenvalue weighted by molar-refractivity contribution is -0.129. The molecule has 1 aromatic rings. The highest BCUT2D eigenvalue weighted by Crippen LogP contribution is 2.52. The average molecular weight is 456 g/mol. The van der Waals surface area contributed by atoms with E-state index in [-0.39, 0.29) is 35.9 Å². The second-order valence-corrected chi connectivity index (χ2v) is 10.3. The van der Waals surface area contributed by atoms with Crippen LogP contribution in [0.3, 0.4) is 0 Å². The minimum atomic E-state index is -1.14. The molecule has 1 saturated heterocycles. The summed E-state index contributed by atoms with van der Waals surface area (Å²) in [6.45, 7) is 10.9. The lowest BCUT2D eigenvalue weighted by atomic mass is 9.92. The summed E-state index contributed by atoms with van der Waals surface area (Å²) < 4.78 is 0. The number of fused-ring (bicyclic) bond motifs is 5. The monoisotopic (exact) mass is 455 g/mol. The summed E-state index contributed by atoms with van der Waals surface area (Å²) in [5, 5.41) is 12.6. The Balaban J connectivity index is 1.73. The molecule has 0 saturated carbocycles. The van der Waals surface area contributed by atoms with Crippen molar-refractivity contribution < 1.29 is 19.5 Å². The number of hydrogen-bond donors (Lipinski definition) is 2. The van der Waals surface area contributed by atoms with Gasteiger partial charge in [-0.25, -0.2) is 4.79 Å². The third-order valence-electron chi connectivity index (χ3n) is 7.06. The number of carbonyl (C=O) groups excluding carboxylic acids is 2. The van der Waals surface area contributed by atoms with Crippen molar-refractivity contribution in [1.82, 2.24) is 15.1 Å². The molecule has 2 N–H and O–H groups in total. The van der Waals surface area contributed by atoms with E-state index in [4.69, 9.17) is 0 Å². The summed E-state index contributed by atoms with van der Waals surface area (Å²) in [5.41, 5.74) is 1.77. The maximum atomic E-state index is 13.2. The first-order valence-electron chi connectivity index (χ1n) is 11.9. The normalized spacial score (nSPS) is 22.1. The van der Waals surface area contributed by atoms with E-state index in [1.165, 1.54) is 11.1 Å². The molecule has 0 unspecified atom stereocenters. The quantitative estimate of drug-likeness (QED) is 0.585. The predicted octanol–water partition coefficient (Wildman–Crippen LogP) is 4.66. The lowest BCUT2D eigenvalue weighted by Gasteiger charge is -2.37. The van der Waals surface area contributed by atoms with Gasteiger partial charge in [0.2, 0.25) is 11.8 Å². The fraction of sp³-hybridized carbons (Fsp3) is 0.577. The number of nitrogens with zero attached hydrogens (tertiary/aromatic N) is 2. The van der Waals surface area contributed by atoms with Crippen LogP contribution in [0.5, 0.6) is 0 Å². The first-order chi connectivity index (χ1) is 15.5. The van der Waals surface area contributed by atoms with Crippen molar-refractivity contribution in [1.29, 1.82) is 0 Å². The molecule has 7 nitrogen and oxygen atoms in total. The number of carbonyl (C=O) groups is 3. The Morgan fingerprint density at radius 3 is 2.15 bits per heavy atom.